The molecule has 0 aromatic heterocycles. The molecule has 4 nitrogen and oxygen atoms in total. The minimum atomic E-state index is -0.0677. The van der Waals surface area contributed by atoms with Crippen LogP contribution in [0.3, 0.4) is 0 Å². The molecule has 15 heavy (non-hydrogen) atoms. The van der Waals surface area contributed by atoms with E-state index in [9.17, 15) is 4.79 Å². The number of methoxy groups -OCH3 is 1. The van der Waals surface area contributed by atoms with E-state index in [0.29, 0.717) is 0 Å². The summed E-state index contributed by atoms with van der Waals surface area (Å²) >= 11 is 0. The first-order valence-corrected chi connectivity index (χ1v) is 5.65. The second kappa shape index (κ2) is 4.49. The maximum Gasteiger partial charge on any atom is 0.310 e. The third kappa shape index (κ3) is 2.01. The average Bonchev–Trinajstić information content (AvgIpc) is 2.50. The van der Waals surface area contributed by atoms with Crippen molar-refractivity contribution in [2.75, 3.05) is 33.4 Å². The van der Waals surface area contributed by atoms with Gasteiger partial charge in [-0.05, 0) is 24.7 Å². The van der Waals surface area contributed by atoms with Crippen LogP contribution in [-0.2, 0) is 14.3 Å². The molecule has 2 rings (SSSR count). The predicted octanol–water partition coefficient (Wildman–Crippen LogP) is 0.566. The number of hydrogen-bond donors (Lipinski definition) is 1. The van der Waals surface area contributed by atoms with Gasteiger partial charge in [-0.3, -0.25) is 4.79 Å². The average molecular weight is 213 g/mol. The standard InChI is InChI=1S/C11H19NO3/c1-14-10(13)9-7-12-8-11(9)3-2-5-15-6-4-11/h9,12H,2-8H2,1H3. The van der Waals surface area contributed by atoms with Crippen LogP contribution in [0.4, 0.5) is 0 Å². The zero-order valence-electron chi connectivity index (χ0n) is 9.25. The van der Waals surface area contributed by atoms with Crippen molar-refractivity contribution in [3.63, 3.8) is 0 Å². The molecule has 2 saturated heterocycles. The minimum Gasteiger partial charge on any atom is -0.469 e. The number of rotatable bonds is 1. The molecule has 86 valence electrons. The Bertz CT molecular complexity index is 234. The number of hydrogen-bond acceptors (Lipinski definition) is 4. The molecule has 0 aromatic carbocycles. The van der Waals surface area contributed by atoms with Gasteiger partial charge in [-0.15, -0.1) is 0 Å². The SMILES string of the molecule is COC(=O)C1CNCC12CCCOCC2. The van der Waals surface area contributed by atoms with Crippen LogP contribution in [0.1, 0.15) is 19.3 Å². The van der Waals surface area contributed by atoms with E-state index in [4.69, 9.17) is 9.47 Å². The van der Waals surface area contributed by atoms with Crippen LogP contribution in [-0.4, -0.2) is 39.4 Å². The summed E-state index contributed by atoms with van der Waals surface area (Å²) in [6.07, 6.45) is 3.09. The van der Waals surface area contributed by atoms with Crippen LogP contribution in [0.25, 0.3) is 0 Å². The second-order valence-corrected chi connectivity index (χ2v) is 4.53. The van der Waals surface area contributed by atoms with Crippen molar-refractivity contribution in [2.24, 2.45) is 11.3 Å². The maximum absolute atomic E-state index is 11.7. The van der Waals surface area contributed by atoms with Gasteiger partial charge in [-0.25, -0.2) is 0 Å². The molecule has 1 spiro atoms. The normalized spacial score (nSPS) is 36.5. The summed E-state index contributed by atoms with van der Waals surface area (Å²) in [7, 11) is 1.47. The van der Waals surface area contributed by atoms with Crippen molar-refractivity contribution >= 4 is 5.97 Å². The van der Waals surface area contributed by atoms with Crippen LogP contribution in [0.15, 0.2) is 0 Å². The molecular formula is C11H19NO3. The second-order valence-electron chi connectivity index (χ2n) is 4.53. The van der Waals surface area contributed by atoms with Crippen LogP contribution < -0.4 is 5.32 Å². The van der Waals surface area contributed by atoms with Gasteiger partial charge >= 0.3 is 5.97 Å². The molecule has 0 amide bonds. The topological polar surface area (TPSA) is 47.6 Å². The quantitative estimate of drug-likeness (QED) is 0.647. The van der Waals surface area contributed by atoms with Crippen LogP contribution in [0, 0.1) is 11.3 Å². The zero-order valence-corrected chi connectivity index (χ0v) is 9.25. The largest absolute Gasteiger partial charge is 0.469 e. The lowest BCUT2D eigenvalue weighted by Gasteiger charge is -2.31. The molecule has 0 saturated carbocycles. The van der Waals surface area contributed by atoms with Gasteiger partial charge in [0.05, 0.1) is 13.0 Å². The van der Waals surface area contributed by atoms with Gasteiger partial charge in [0.15, 0.2) is 0 Å². The molecule has 2 aliphatic heterocycles. The molecule has 2 atom stereocenters. The Morgan fingerprint density at radius 1 is 1.47 bits per heavy atom. The molecule has 2 heterocycles. The first-order chi connectivity index (χ1) is 7.28. The molecule has 4 heteroatoms. The summed E-state index contributed by atoms with van der Waals surface area (Å²) in [5, 5.41) is 3.32. The summed E-state index contributed by atoms with van der Waals surface area (Å²) in [6, 6.07) is 0. The Morgan fingerprint density at radius 3 is 3.13 bits per heavy atom. The Kier molecular flexibility index (Phi) is 3.26. The van der Waals surface area contributed by atoms with Gasteiger partial charge in [0, 0.05) is 26.3 Å². The maximum atomic E-state index is 11.7. The van der Waals surface area contributed by atoms with E-state index >= 15 is 0 Å². The van der Waals surface area contributed by atoms with E-state index in [1.807, 2.05) is 0 Å². The first-order valence-electron chi connectivity index (χ1n) is 5.65. The predicted molar refractivity (Wildman–Crippen MR) is 55.5 cm³/mol. The van der Waals surface area contributed by atoms with E-state index in [0.717, 1.165) is 45.6 Å². The van der Waals surface area contributed by atoms with Crippen molar-refractivity contribution in [2.45, 2.75) is 19.3 Å². The number of ether oxygens (including phenoxy) is 2. The smallest absolute Gasteiger partial charge is 0.310 e. The number of carbonyl (C=O) groups excluding carboxylic acids is 1. The zero-order chi connectivity index (χ0) is 10.7. The van der Waals surface area contributed by atoms with E-state index in [1.165, 1.54) is 7.11 Å². The fourth-order valence-electron chi connectivity index (χ4n) is 2.83. The fourth-order valence-corrected chi connectivity index (χ4v) is 2.83. The Morgan fingerprint density at radius 2 is 2.33 bits per heavy atom. The van der Waals surface area contributed by atoms with Crippen LogP contribution in [0.5, 0.6) is 0 Å². The third-order valence-electron chi connectivity index (χ3n) is 3.76. The fraction of sp³-hybridized carbons (Fsp3) is 0.909. The van der Waals surface area contributed by atoms with Gasteiger partial charge in [-0.1, -0.05) is 0 Å². The monoisotopic (exact) mass is 213 g/mol. The summed E-state index contributed by atoms with van der Waals surface area (Å²) in [4.78, 5) is 11.7. The van der Waals surface area contributed by atoms with Gasteiger partial charge in [0.2, 0.25) is 0 Å². The van der Waals surface area contributed by atoms with Gasteiger partial charge in [0.1, 0.15) is 0 Å². The lowest BCUT2D eigenvalue weighted by molar-refractivity contribution is -0.148. The molecule has 0 bridgehead atoms. The minimum absolute atomic E-state index is 0.0178. The first kappa shape index (κ1) is 10.9. The molecule has 2 fully saturated rings. The highest BCUT2D eigenvalue weighted by molar-refractivity contribution is 5.74. The molecule has 0 radical (unpaired) electrons. The molecule has 0 aromatic rings. The van der Waals surface area contributed by atoms with E-state index in [2.05, 4.69) is 5.32 Å². The highest BCUT2D eigenvalue weighted by Crippen LogP contribution is 2.41. The molecule has 2 unspecified atom stereocenters. The van der Waals surface area contributed by atoms with Gasteiger partial charge < -0.3 is 14.8 Å². The molecule has 0 aliphatic carbocycles. The van der Waals surface area contributed by atoms with Gasteiger partial charge in [0.25, 0.3) is 0 Å². The van der Waals surface area contributed by atoms with Crippen LogP contribution in [0.2, 0.25) is 0 Å². The highest BCUT2D eigenvalue weighted by atomic mass is 16.5. The third-order valence-corrected chi connectivity index (χ3v) is 3.76. The molecular weight excluding hydrogens is 194 g/mol. The summed E-state index contributed by atoms with van der Waals surface area (Å²) < 4.78 is 10.3. The number of nitrogens with one attached hydrogen (secondary N) is 1. The van der Waals surface area contributed by atoms with E-state index in [1.54, 1.807) is 0 Å². The van der Waals surface area contributed by atoms with Gasteiger partial charge in [-0.2, -0.15) is 0 Å². The van der Waals surface area contributed by atoms with E-state index in [-0.39, 0.29) is 17.3 Å². The summed E-state index contributed by atoms with van der Waals surface area (Å²) in [5.74, 6) is -0.0499. The van der Waals surface area contributed by atoms with Crippen molar-refractivity contribution in [1.82, 2.24) is 5.32 Å². The summed E-state index contributed by atoms with van der Waals surface area (Å²) in [5.41, 5.74) is 0.0869. The Labute approximate surface area is 90.3 Å². The number of carbonyl (C=O) groups is 1. The van der Waals surface area contributed by atoms with Crippen molar-refractivity contribution in [3.05, 3.63) is 0 Å². The van der Waals surface area contributed by atoms with Crippen molar-refractivity contribution in [3.8, 4) is 0 Å². The summed E-state index contributed by atoms with van der Waals surface area (Å²) in [6.45, 7) is 3.29. The Balaban J connectivity index is 2.12. The molecule has 2 aliphatic rings. The lowest BCUT2D eigenvalue weighted by atomic mass is 9.72. The lowest BCUT2D eigenvalue weighted by Crippen LogP contribution is -2.36. The Hall–Kier alpha value is -0.610. The van der Waals surface area contributed by atoms with Crippen LogP contribution >= 0.6 is 0 Å². The van der Waals surface area contributed by atoms with Crippen molar-refractivity contribution in [1.29, 1.82) is 0 Å². The number of esters is 1. The van der Waals surface area contributed by atoms with Crippen molar-refractivity contribution < 1.29 is 14.3 Å². The molecule has 1 N–H and O–H groups in total. The highest BCUT2D eigenvalue weighted by Gasteiger charge is 2.47. The van der Waals surface area contributed by atoms with E-state index < -0.39 is 0 Å².